The molecule has 0 aliphatic carbocycles. The SMILES string of the molecule is CCOCC1(CCc2ccsc2)CCN(Cc2cnn(C)c2)C1. The first kappa shape index (κ1) is 16.7. The molecule has 0 saturated carbocycles. The predicted molar refractivity (Wildman–Crippen MR) is 94.7 cm³/mol. The maximum absolute atomic E-state index is 5.85. The molecule has 2 aromatic heterocycles. The third-order valence-corrected chi connectivity index (χ3v) is 5.55. The van der Waals surface area contributed by atoms with Crippen LogP contribution in [0.2, 0.25) is 0 Å². The highest BCUT2D eigenvalue weighted by Crippen LogP contribution is 2.36. The Morgan fingerprint density at radius 1 is 1.39 bits per heavy atom. The van der Waals surface area contributed by atoms with E-state index in [4.69, 9.17) is 4.74 Å². The van der Waals surface area contributed by atoms with Crippen LogP contribution in [0.25, 0.3) is 0 Å². The number of nitrogens with zero attached hydrogens (tertiary/aromatic N) is 3. The van der Waals surface area contributed by atoms with Gasteiger partial charge in [0.15, 0.2) is 0 Å². The fourth-order valence-electron chi connectivity index (χ4n) is 3.53. The summed E-state index contributed by atoms with van der Waals surface area (Å²) in [5.74, 6) is 0. The highest BCUT2D eigenvalue weighted by molar-refractivity contribution is 7.07. The maximum Gasteiger partial charge on any atom is 0.0535 e. The van der Waals surface area contributed by atoms with Crippen LogP contribution >= 0.6 is 11.3 Å². The molecular formula is C18H27N3OS. The van der Waals surface area contributed by atoms with Gasteiger partial charge in [-0.25, -0.2) is 0 Å². The van der Waals surface area contributed by atoms with Crippen molar-refractivity contribution in [2.24, 2.45) is 12.5 Å². The molecular weight excluding hydrogens is 306 g/mol. The largest absolute Gasteiger partial charge is 0.381 e. The summed E-state index contributed by atoms with van der Waals surface area (Å²) < 4.78 is 7.74. The van der Waals surface area contributed by atoms with Crippen molar-refractivity contribution < 1.29 is 4.74 Å². The van der Waals surface area contributed by atoms with E-state index >= 15 is 0 Å². The molecule has 4 nitrogen and oxygen atoms in total. The van der Waals surface area contributed by atoms with Gasteiger partial charge in [-0.3, -0.25) is 9.58 Å². The summed E-state index contributed by atoms with van der Waals surface area (Å²) in [6, 6.07) is 2.25. The van der Waals surface area contributed by atoms with Crippen LogP contribution in [0, 0.1) is 5.41 Å². The fraction of sp³-hybridized carbons (Fsp3) is 0.611. The van der Waals surface area contributed by atoms with Crippen molar-refractivity contribution in [3.63, 3.8) is 0 Å². The second kappa shape index (κ2) is 7.60. The zero-order valence-electron chi connectivity index (χ0n) is 14.2. The summed E-state index contributed by atoms with van der Waals surface area (Å²) in [5, 5.41) is 8.73. The van der Waals surface area contributed by atoms with Crippen LogP contribution in [-0.4, -0.2) is 41.0 Å². The molecule has 0 bridgehead atoms. The van der Waals surface area contributed by atoms with Crippen molar-refractivity contribution in [1.29, 1.82) is 0 Å². The molecule has 0 amide bonds. The van der Waals surface area contributed by atoms with Gasteiger partial charge in [0.05, 0.1) is 12.8 Å². The maximum atomic E-state index is 5.85. The zero-order valence-corrected chi connectivity index (χ0v) is 15.0. The van der Waals surface area contributed by atoms with Gasteiger partial charge in [0.2, 0.25) is 0 Å². The number of aryl methyl sites for hydroxylation is 2. The van der Waals surface area contributed by atoms with Crippen molar-refractivity contribution in [2.45, 2.75) is 32.7 Å². The molecule has 3 rings (SSSR count). The van der Waals surface area contributed by atoms with Crippen LogP contribution in [-0.2, 0) is 24.8 Å². The van der Waals surface area contributed by atoms with Gasteiger partial charge >= 0.3 is 0 Å². The van der Waals surface area contributed by atoms with Gasteiger partial charge in [-0.1, -0.05) is 0 Å². The molecule has 1 unspecified atom stereocenters. The first-order valence-corrected chi connectivity index (χ1v) is 9.42. The summed E-state index contributed by atoms with van der Waals surface area (Å²) in [6.07, 6.45) is 7.71. The molecule has 0 aromatic carbocycles. The number of likely N-dealkylation sites (tertiary alicyclic amines) is 1. The average Bonchev–Trinajstić information content (AvgIpc) is 3.26. The zero-order chi connectivity index (χ0) is 16.1. The Balaban J connectivity index is 1.60. The van der Waals surface area contributed by atoms with Crippen LogP contribution in [0.15, 0.2) is 29.2 Å². The normalized spacial score (nSPS) is 22.0. The molecule has 1 aliphatic heterocycles. The third-order valence-electron chi connectivity index (χ3n) is 4.82. The van der Waals surface area contributed by atoms with Gasteiger partial charge in [0, 0.05) is 43.9 Å². The Labute approximate surface area is 143 Å². The minimum atomic E-state index is 0.306. The molecule has 1 saturated heterocycles. The molecule has 0 N–H and O–H groups in total. The monoisotopic (exact) mass is 333 g/mol. The lowest BCUT2D eigenvalue weighted by molar-refractivity contribution is 0.0489. The minimum Gasteiger partial charge on any atom is -0.381 e. The Kier molecular flexibility index (Phi) is 5.51. The molecule has 3 heterocycles. The first-order valence-electron chi connectivity index (χ1n) is 8.48. The summed E-state index contributed by atoms with van der Waals surface area (Å²) in [4.78, 5) is 2.56. The number of rotatable bonds is 8. The van der Waals surface area contributed by atoms with E-state index in [1.807, 2.05) is 17.9 Å². The van der Waals surface area contributed by atoms with E-state index in [1.54, 1.807) is 11.3 Å². The molecule has 5 heteroatoms. The van der Waals surface area contributed by atoms with E-state index in [-0.39, 0.29) is 0 Å². The average molecular weight is 334 g/mol. The van der Waals surface area contributed by atoms with E-state index < -0.39 is 0 Å². The van der Waals surface area contributed by atoms with E-state index in [9.17, 15) is 0 Å². The van der Waals surface area contributed by atoms with Crippen molar-refractivity contribution in [2.75, 3.05) is 26.3 Å². The summed E-state index contributed by atoms with van der Waals surface area (Å²) in [7, 11) is 1.98. The fourth-order valence-corrected chi connectivity index (χ4v) is 4.23. The van der Waals surface area contributed by atoms with Gasteiger partial charge in [-0.05, 0) is 55.1 Å². The summed E-state index contributed by atoms with van der Waals surface area (Å²) >= 11 is 1.79. The molecule has 0 spiro atoms. The van der Waals surface area contributed by atoms with Crippen molar-refractivity contribution >= 4 is 11.3 Å². The van der Waals surface area contributed by atoms with E-state index in [2.05, 4.69) is 39.9 Å². The standard InChI is InChI=1S/C18H27N3OS/c1-3-22-15-18(6-4-16-5-9-23-13-16)7-8-21(14-18)12-17-10-19-20(2)11-17/h5,9-11,13H,3-4,6-8,12,14-15H2,1-2H3. The first-order chi connectivity index (χ1) is 11.2. The van der Waals surface area contributed by atoms with Gasteiger partial charge < -0.3 is 4.74 Å². The molecule has 1 fully saturated rings. The number of aromatic nitrogens is 2. The van der Waals surface area contributed by atoms with E-state index in [0.717, 1.165) is 39.3 Å². The predicted octanol–water partition coefficient (Wildman–Crippen LogP) is 3.34. The molecule has 0 radical (unpaired) electrons. The van der Waals surface area contributed by atoms with Crippen LogP contribution in [0.1, 0.15) is 30.9 Å². The molecule has 1 atom stereocenters. The highest BCUT2D eigenvalue weighted by Gasteiger charge is 2.38. The lowest BCUT2D eigenvalue weighted by Crippen LogP contribution is -2.32. The number of thiophene rings is 1. The third kappa shape index (κ3) is 4.43. The Hall–Kier alpha value is -1.17. The van der Waals surface area contributed by atoms with Crippen molar-refractivity contribution in [3.8, 4) is 0 Å². The van der Waals surface area contributed by atoms with Gasteiger partial charge in [0.25, 0.3) is 0 Å². The highest BCUT2D eigenvalue weighted by atomic mass is 32.1. The van der Waals surface area contributed by atoms with E-state index in [1.165, 1.54) is 24.0 Å². The van der Waals surface area contributed by atoms with Crippen LogP contribution in [0.3, 0.4) is 0 Å². The van der Waals surface area contributed by atoms with Crippen LogP contribution in [0.4, 0.5) is 0 Å². The Morgan fingerprint density at radius 3 is 3.00 bits per heavy atom. The number of hydrogen-bond acceptors (Lipinski definition) is 4. The molecule has 126 valence electrons. The molecule has 23 heavy (non-hydrogen) atoms. The van der Waals surface area contributed by atoms with Crippen molar-refractivity contribution in [3.05, 3.63) is 40.3 Å². The second-order valence-corrected chi connectivity index (χ2v) is 7.53. The smallest absolute Gasteiger partial charge is 0.0535 e. The number of ether oxygens (including phenoxy) is 1. The number of hydrogen-bond donors (Lipinski definition) is 0. The summed E-state index contributed by atoms with van der Waals surface area (Å²) in [6.45, 7) is 7.08. The van der Waals surface area contributed by atoms with Gasteiger partial charge in [-0.2, -0.15) is 16.4 Å². The molecule has 1 aliphatic rings. The van der Waals surface area contributed by atoms with Gasteiger partial charge in [0.1, 0.15) is 0 Å². The molecule has 2 aromatic rings. The quantitative estimate of drug-likeness (QED) is 0.742. The Morgan fingerprint density at radius 2 is 2.30 bits per heavy atom. The Bertz CT molecular complexity index is 595. The van der Waals surface area contributed by atoms with Gasteiger partial charge in [-0.15, -0.1) is 0 Å². The van der Waals surface area contributed by atoms with Crippen LogP contribution < -0.4 is 0 Å². The lowest BCUT2D eigenvalue weighted by Gasteiger charge is -2.29. The lowest BCUT2D eigenvalue weighted by atomic mass is 9.82. The summed E-state index contributed by atoms with van der Waals surface area (Å²) in [5.41, 5.74) is 3.08. The topological polar surface area (TPSA) is 30.3 Å². The van der Waals surface area contributed by atoms with E-state index in [0.29, 0.717) is 5.41 Å². The second-order valence-electron chi connectivity index (χ2n) is 6.75. The minimum absolute atomic E-state index is 0.306. The van der Waals surface area contributed by atoms with Crippen molar-refractivity contribution in [1.82, 2.24) is 14.7 Å². The van der Waals surface area contributed by atoms with Crippen LogP contribution in [0.5, 0.6) is 0 Å².